The van der Waals surface area contributed by atoms with E-state index in [4.69, 9.17) is 6.42 Å². The molecule has 0 spiro atoms. The Labute approximate surface area is 73.6 Å². The van der Waals surface area contributed by atoms with Gasteiger partial charge in [-0.15, -0.1) is 6.42 Å². The molecule has 0 saturated heterocycles. The van der Waals surface area contributed by atoms with Gasteiger partial charge in [-0.05, 0) is 18.2 Å². The Hall–Kier alpha value is -1.07. The van der Waals surface area contributed by atoms with E-state index in [2.05, 4.69) is 21.9 Å². The molecule has 2 heteroatoms. The molecule has 0 amide bonds. The molecule has 0 aliphatic carbocycles. The maximum Gasteiger partial charge on any atom is 0.151 e. The molecule has 0 heterocycles. The fourth-order valence-electron chi connectivity index (χ4n) is 0.763. The van der Waals surface area contributed by atoms with Gasteiger partial charge in [-0.3, -0.25) is 4.79 Å². The summed E-state index contributed by atoms with van der Waals surface area (Å²) in [5.41, 5.74) is 1.17. The fraction of sp³-hybridized carbons (Fsp3) is 0. The molecule has 0 saturated carbocycles. The summed E-state index contributed by atoms with van der Waals surface area (Å²) >= 11 is 3.24. The van der Waals surface area contributed by atoms with Crippen LogP contribution >= 0.6 is 15.9 Å². The number of hydrogen-bond donors (Lipinski definition) is 0. The van der Waals surface area contributed by atoms with Crippen LogP contribution in [0.2, 0.25) is 0 Å². The minimum Gasteiger partial charge on any atom is -0.298 e. The van der Waals surface area contributed by atoms with Gasteiger partial charge in [-0.25, -0.2) is 0 Å². The molecule has 11 heavy (non-hydrogen) atoms. The summed E-state index contributed by atoms with van der Waals surface area (Å²) in [4.78, 5) is 10.4. The van der Waals surface area contributed by atoms with Gasteiger partial charge in [0.05, 0.1) is 0 Å². The van der Waals surface area contributed by atoms with Crippen molar-refractivity contribution in [3.8, 4) is 12.3 Å². The highest BCUT2D eigenvalue weighted by molar-refractivity contribution is 9.10. The minimum absolute atomic E-state index is 0.543. The first kappa shape index (κ1) is 8.03. The highest BCUT2D eigenvalue weighted by Gasteiger charge is 1.97. The zero-order valence-corrected chi connectivity index (χ0v) is 7.26. The van der Waals surface area contributed by atoms with Crippen molar-refractivity contribution in [2.45, 2.75) is 0 Å². The topological polar surface area (TPSA) is 17.1 Å². The van der Waals surface area contributed by atoms with Gasteiger partial charge in [0.15, 0.2) is 6.29 Å². The van der Waals surface area contributed by atoms with Gasteiger partial charge in [0.1, 0.15) is 0 Å². The lowest BCUT2D eigenvalue weighted by Crippen LogP contribution is -1.85. The van der Waals surface area contributed by atoms with E-state index in [1.54, 1.807) is 12.1 Å². The van der Waals surface area contributed by atoms with Crippen LogP contribution in [0.15, 0.2) is 22.7 Å². The second kappa shape index (κ2) is 3.36. The van der Waals surface area contributed by atoms with Gasteiger partial charge in [-0.1, -0.05) is 21.9 Å². The summed E-state index contributed by atoms with van der Waals surface area (Å²) in [6.45, 7) is 0. The summed E-state index contributed by atoms with van der Waals surface area (Å²) < 4.78 is 0.860. The van der Waals surface area contributed by atoms with Crippen molar-refractivity contribution in [1.29, 1.82) is 0 Å². The van der Waals surface area contributed by atoms with E-state index in [9.17, 15) is 4.79 Å². The summed E-state index contributed by atoms with van der Waals surface area (Å²) in [5, 5.41) is 0. The normalized spacial score (nSPS) is 8.73. The Morgan fingerprint density at radius 1 is 1.55 bits per heavy atom. The maximum atomic E-state index is 10.4. The van der Waals surface area contributed by atoms with E-state index in [0.717, 1.165) is 10.8 Å². The molecule has 0 atom stereocenters. The molecule has 0 fully saturated rings. The summed E-state index contributed by atoms with van der Waals surface area (Å²) in [5.74, 6) is 2.42. The number of carbonyl (C=O) groups is 1. The number of rotatable bonds is 1. The van der Waals surface area contributed by atoms with Crippen LogP contribution in [0.5, 0.6) is 0 Å². The number of aldehydes is 1. The third-order valence-electron chi connectivity index (χ3n) is 1.30. The van der Waals surface area contributed by atoms with Gasteiger partial charge < -0.3 is 0 Å². The van der Waals surface area contributed by atoms with Crippen molar-refractivity contribution >= 4 is 22.2 Å². The molecule has 54 valence electrons. The number of carbonyl (C=O) groups excluding carboxylic acids is 1. The molecule has 0 aliphatic heterocycles. The van der Waals surface area contributed by atoms with Gasteiger partial charge in [0.2, 0.25) is 0 Å². The van der Waals surface area contributed by atoms with Crippen LogP contribution in [0.25, 0.3) is 0 Å². The monoisotopic (exact) mass is 208 g/mol. The molecule has 0 bridgehead atoms. The largest absolute Gasteiger partial charge is 0.298 e. The smallest absolute Gasteiger partial charge is 0.151 e. The van der Waals surface area contributed by atoms with Crippen molar-refractivity contribution in [2.24, 2.45) is 0 Å². The molecule has 0 N–H and O–H groups in total. The van der Waals surface area contributed by atoms with Crippen molar-refractivity contribution in [1.82, 2.24) is 0 Å². The molecular weight excluding hydrogens is 204 g/mol. The van der Waals surface area contributed by atoms with E-state index in [-0.39, 0.29) is 0 Å². The van der Waals surface area contributed by atoms with Crippen LogP contribution < -0.4 is 0 Å². The lowest BCUT2D eigenvalue weighted by atomic mass is 10.1. The molecule has 1 aromatic carbocycles. The number of halogens is 1. The van der Waals surface area contributed by atoms with E-state index in [1.807, 2.05) is 6.07 Å². The van der Waals surface area contributed by atoms with Gasteiger partial charge in [0.25, 0.3) is 0 Å². The number of benzene rings is 1. The predicted molar refractivity (Wildman–Crippen MR) is 47.5 cm³/mol. The highest BCUT2D eigenvalue weighted by Crippen LogP contribution is 2.14. The average molecular weight is 209 g/mol. The van der Waals surface area contributed by atoms with Crippen LogP contribution in [0, 0.1) is 12.3 Å². The van der Waals surface area contributed by atoms with Crippen LogP contribution in [0.4, 0.5) is 0 Å². The SMILES string of the molecule is C#Cc1ccc(Br)cc1C=O. The number of terminal acetylenes is 1. The lowest BCUT2D eigenvalue weighted by Gasteiger charge is -1.95. The molecule has 1 aromatic rings. The van der Waals surface area contributed by atoms with Crippen LogP contribution in [0.1, 0.15) is 15.9 Å². The molecule has 0 radical (unpaired) electrons. The van der Waals surface area contributed by atoms with Crippen LogP contribution in [0.3, 0.4) is 0 Å². The zero-order chi connectivity index (χ0) is 8.27. The Balaban J connectivity index is 3.30. The third kappa shape index (κ3) is 1.69. The molecule has 0 aliphatic rings. The zero-order valence-electron chi connectivity index (χ0n) is 5.67. The second-order valence-electron chi connectivity index (χ2n) is 1.99. The predicted octanol–water partition coefficient (Wildman–Crippen LogP) is 2.24. The molecule has 0 unspecified atom stereocenters. The lowest BCUT2D eigenvalue weighted by molar-refractivity contribution is 0.112. The Morgan fingerprint density at radius 3 is 2.82 bits per heavy atom. The standard InChI is InChI=1S/C9H5BrO/c1-2-7-3-4-9(10)5-8(7)6-11/h1,3-6H. The minimum atomic E-state index is 0.543. The van der Waals surface area contributed by atoms with Crippen LogP contribution in [-0.2, 0) is 0 Å². The van der Waals surface area contributed by atoms with Crippen molar-refractivity contribution in [3.05, 3.63) is 33.8 Å². The molecule has 0 aromatic heterocycles. The first-order chi connectivity index (χ1) is 5.27. The van der Waals surface area contributed by atoms with Crippen molar-refractivity contribution < 1.29 is 4.79 Å². The van der Waals surface area contributed by atoms with Gasteiger partial charge in [-0.2, -0.15) is 0 Å². The first-order valence-corrected chi connectivity index (χ1v) is 3.78. The first-order valence-electron chi connectivity index (χ1n) is 2.99. The summed E-state index contributed by atoms with van der Waals surface area (Å²) in [6, 6.07) is 5.23. The summed E-state index contributed by atoms with van der Waals surface area (Å²) in [6.07, 6.45) is 5.90. The molecule has 1 rings (SSSR count). The van der Waals surface area contributed by atoms with E-state index >= 15 is 0 Å². The van der Waals surface area contributed by atoms with Crippen molar-refractivity contribution in [2.75, 3.05) is 0 Å². The summed E-state index contributed by atoms with van der Waals surface area (Å²) in [7, 11) is 0. The van der Waals surface area contributed by atoms with Crippen molar-refractivity contribution in [3.63, 3.8) is 0 Å². The maximum absolute atomic E-state index is 10.4. The number of hydrogen-bond acceptors (Lipinski definition) is 1. The van der Waals surface area contributed by atoms with E-state index < -0.39 is 0 Å². The molecular formula is C9H5BrO. The van der Waals surface area contributed by atoms with E-state index in [1.165, 1.54) is 0 Å². The van der Waals surface area contributed by atoms with Gasteiger partial charge in [0, 0.05) is 15.6 Å². The highest BCUT2D eigenvalue weighted by atomic mass is 79.9. The fourth-order valence-corrected chi connectivity index (χ4v) is 1.14. The average Bonchev–Trinajstić information content (AvgIpc) is 2.04. The van der Waals surface area contributed by atoms with Crippen LogP contribution in [-0.4, -0.2) is 6.29 Å². The Bertz CT molecular complexity index is 323. The second-order valence-corrected chi connectivity index (χ2v) is 2.91. The van der Waals surface area contributed by atoms with Gasteiger partial charge >= 0.3 is 0 Å². The van der Waals surface area contributed by atoms with E-state index in [0.29, 0.717) is 11.1 Å². The Kier molecular flexibility index (Phi) is 2.45. The molecule has 1 nitrogen and oxygen atoms in total. The third-order valence-corrected chi connectivity index (χ3v) is 1.79. The Morgan fingerprint density at radius 2 is 2.27 bits per heavy atom. The quantitative estimate of drug-likeness (QED) is 0.512.